The van der Waals surface area contributed by atoms with E-state index in [9.17, 15) is 13.6 Å². The molecule has 0 N–H and O–H groups in total. The van der Waals surface area contributed by atoms with Crippen molar-refractivity contribution in [3.63, 3.8) is 0 Å². The molecule has 0 bridgehead atoms. The van der Waals surface area contributed by atoms with Crippen molar-refractivity contribution in [1.29, 1.82) is 0 Å². The summed E-state index contributed by atoms with van der Waals surface area (Å²) in [4.78, 5) is 16.1. The Morgan fingerprint density at radius 2 is 1.91 bits per heavy atom. The Balaban J connectivity index is 1.89. The molecule has 0 aliphatic carbocycles. The molecule has 0 saturated carbocycles. The Morgan fingerprint density at radius 1 is 1.13 bits per heavy atom. The van der Waals surface area contributed by atoms with Crippen molar-refractivity contribution in [1.82, 2.24) is 0 Å². The van der Waals surface area contributed by atoms with E-state index in [4.69, 9.17) is 0 Å². The van der Waals surface area contributed by atoms with Crippen LogP contribution in [0.4, 0.5) is 8.78 Å². The Morgan fingerprint density at radius 3 is 2.65 bits per heavy atom. The summed E-state index contributed by atoms with van der Waals surface area (Å²) in [6, 6.07) is 13.0. The number of benzene rings is 2. The van der Waals surface area contributed by atoms with E-state index >= 15 is 0 Å². The molecule has 2 aromatic rings. The molecule has 1 atom stereocenters. The van der Waals surface area contributed by atoms with Gasteiger partial charge in [0.1, 0.15) is 17.3 Å². The largest absolute Gasteiger partial charge is 0.296 e. The summed E-state index contributed by atoms with van der Waals surface area (Å²) in [5.41, 5.74) is 1.60. The van der Waals surface area contributed by atoms with Gasteiger partial charge in [0.25, 0.3) is 0 Å². The van der Waals surface area contributed by atoms with Gasteiger partial charge in [-0.2, -0.15) is 0 Å². The average molecular weight is 329 g/mol. The second-order valence-corrected chi connectivity index (χ2v) is 6.31. The number of hydrogen-bond donors (Lipinski definition) is 0. The van der Waals surface area contributed by atoms with Gasteiger partial charge in [0.05, 0.1) is 5.25 Å². The number of rotatable bonds is 4. The first-order valence-corrected chi connectivity index (χ1v) is 7.93. The Hall–Kier alpha value is -2.27. The van der Waals surface area contributed by atoms with Crippen molar-refractivity contribution in [3.8, 4) is 0 Å². The van der Waals surface area contributed by atoms with Gasteiger partial charge in [-0.3, -0.25) is 9.79 Å². The van der Waals surface area contributed by atoms with Gasteiger partial charge in [0, 0.05) is 23.1 Å². The third-order valence-electron chi connectivity index (χ3n) is 3.49. The molecule has 2 nitrogen and oxygen atoms in total. The summed E-state index contributed by atoms with van der Waals surface area (Å²) in [7, 11) is 0. The van der Waals surface area contributed by atoms with Crippen molar-refractivity contribution >= 4 is 24.3 Å². The van der Waals surface area contributed by atoms with Gasteiger partial charge in [-0.1, -0.05) is 30.3 Å². The van der Waals surface area contributed by atoms with E-state index in [-0.39, 0.29) is 5.56 Å². The number of aldehydes is 1. The Kier molecular flexibility index (Phi) is 4.67. The lowest BCUT2D eigenvalue weighted by atomic mass is 10.1. The number of nitrogens with zero attached hydrogens (tertiary/aromatic N) is 1. The highest BCUT2D eigenvalue weighted by molar-refractivity contribution is 8.04. The van der Waals surface area contributed by atoms with Gasteiger partial charge in [0.15, 0.2) is 6.29 Å². The summed E-state index contributed by atoms with van der Waals surface area (Å²) in [6.45, 7) is 0. The van der Waals surface area contributed by atoms with Gasteiger partial charge in [-0.15, -0.1) is 11.8 Å². The first kappa shape index (κ1) is 15.6. The molecule has 1 aliphatic heterocycles. The van der Waals surface area contributed by atoms with E-state index in [2.05, 4.69) is 4.99 Å². The highest BCUT2D eigenvalue weighted by Gasteiger charge is 2.23. The summed E-state index contributed by atoms with van der Waals surface area (Å²) in [5, 5.41) is -0.451. The Labute approximate surface area is 136 Å². The lowest BCUT2D eigenvalue weighted by molar-refractivity contribution is -0.104. The molecule has 0 fully saturated rings. The van der Waals surface area contributed by atoms with Crippen LogP contribution in [0.15, 0.2) is 64.1 Å². The van der Waals surface area contributed by atoms with Crippen LogP contribution in [0.1, 0.15) is 16.4 Å². The number of aliphatic imine (C=N–C) groups is 1. The highest BCUT2D eigenvalue weighted by atomic mass is 32.2. The number of hydrogen-bond acceptors (Lipinski definition) is 3. The molecule has 1 heterocycles. The molecule has 5 heteroatoms. The third-order valence-corrected chi connectivity index (χ3v) is 4.76. The molecule has 0 spiro atoms. The van der Waals surface area contributed by atoms with E-state index in [0.717, 1.165) is 22.6 Å². The van der Waals surface area contributed by atoms with Gasteiger partial charge < -0.3 is 0 Å². The summed E-state index contributed by atoms with van der Waals surface area (Å²) >= 11 is 1.33. The van der Waals surface area contributed by atoms with Crippen LogP contribution < -0.4 is 0 Å². The van der Waals surface area contributed by atoms with Crippen LogP contribution in [-0.4, -0.2) is 12.5 Å². The second kappa shape index (κ2) is 6.87. The predicted octanol–water partition coefficient (Wildman–Crippen LogP) is 4.48. The minimum absolute atomic E-state index is 0.231. The zero-order valence-corrected chi connectivity index (χ0v) is 12.9. The number of carbonyl (C=O) groups excluding carboxylic acids is 1. The maximum Gasteiger partial charge on any atom is 0.169 e. The van der Waals surface area contributed by atoms with E-state index in [1.165, 1.54) is 24.0 Å². The molecule has 0 radical (unpaired) electrons. The van der Waals surface area contributed by atoms with Crippen LogP contribution in [0.5, 0.6) is 0 Å². The second-order valence-electron chi connectivity index (χ2n) is 5.07. The SMILES string of the molecule is O=CC1=C(Cc2ccccc2)SC(c2cc(F)ccc2F)C=N1. The van der Waals surface area contributed by atoms with Gasteiger partial charge in [0.2, 0.25) is 0 Å². The lowest BCUT2D eigenvalue weighted by Gasteiger charge is -2.20. The van der Waals surface area contributed by atoms with Gasteiger partial charge in [-0.05, 0) is 23.8 Å². The molecular formula is C18H13F2NOS. The first-order valence-electron chi connectivity index (χ1n) is 7.05. The quantitative estimate of drug-likeness (QED) is 0.774. The Bertz CT molecular complexity index is 787. The maximum atomic E-state index is 14.0. The molecular weight excluding hydrogens is 316 g/mol. The molecule has 2 aromatic carbocycles. The number of halogens is 2. The minimum Gasteiger partial charge on any atom is -0.296 e. The average Bonchev–Trinajstić information content (AvgIpc) is 2.58. The summed E-state index contributed by atoms with van der Waals surface area (Å²) in [6.07, 6.45) is 2.71. The number of thioether (sulfide) groups is 1. The fraction of sp³-hybridized carbons (Fsp3) is 0.111. The summed E-state index contributed by atoms with van der Waals surface area (Å²) < 4.78 is 27.4. The van der Waals surface area contributed by atoms with Crippen LogP contribution >= 0.6 is 11.8 Å². The molecule has 1 aliphatic rings. The fourth-order valence-corrected chi connectivity index (χ4v) is 3.56. The van der Waals surface area contributed by atoms with Crippen LogP contribution in [0.25, 0.3) is 0 Å². The number of allylic oxidation sites excluding steroid dienone is 2. The highest BCUT2D eigenvalue weighted by Crippen LogP contribution is 2.40. The normalized spacial score (nSPS) is 17.4. The van der Waals surface area contributed by atoms with Gasteiger partial charge in [-0.25, -0.2) is 8.78 Å². The van der Waals surface area contributed by atoms with Crippen molar-refractivity contribution in [3.05, 3.63) is 81.9 Å². The molecule has 0 amide bonds. The van der Waals surface area contributed by atoms with Crippen molar-refractivity contribution in [2.75, 3.05) is 0 Å². The molecule has 0 aromatic heterocycles. The zero-order chi connectivity index (χ0) is 16.2. The minimum atomic E-state index is -0.495. The van der Waals surface area contributed by atoms with E-state index in [0.29, 0.717) is 18.4 Å². The maximum absolute atomic E-state index is 14.0. The van der Waals surface area contributed by atoms with E-state index < -0.39 is 16.9 Å². The van der Waals surface area contributed by atoms with Gasteiger partial charge >= 0.3 is 0 Å². The zero-order valence-electron chi connectivity index (χ0n) is 12.1. The monoisotopic (exact) mass is 329 g/mol. The van der Waals surface area contributed by atoms with Crippen LogP contribution in [0.3, 0.4) is 0 Å². The van der Waals surface area contributed by atoms with Crippen LogP contribution in [0, 0.1) is 11.6 Å². The van der Waals surface area contributed by atoms with Crippen molar-refractivity contribution in [2.24, 2.45) is 4.99 Å². The topological polar surface area (TPSA) is 29.4 Å². The third kappa shape index (κ3) is 3.56. The molecule has 23 heavy (non-hydrogen) atoms. The predicted molar refractivity (Wildman–Crippen MR) is 88.4 cm³/mol. The van der Waals surface area contributed by atoms with Crippen molar-refractivity contribution < 1.29 is 13.6 Å². The van der Waals surface area contributed by atoms with Crippen LogP contribution in [0.2, 0.25) is 0 Å². The standard InChI is InChI=1S/C18H13F2NOS/c19-13-6-7-15(20)14(9-13)18-10-21-16(11-22)17(23-18)8-12-4-2-1-3-5-12/h1-7,9-11,18H,8H2. The molecule has 116 valence electrons. The van der Waals surface area contributed by atoms with E-state index in [1.807, 2.05) is 30.3 Å². The van der Waals surface area contributed by atoms with Crippen molar-refractivity contribution in [2.45, 2.75) is 11.7 Å². The lowest BCUT2D eigenvalue weighted by Crippen LogP contribution is -2.08. The summed E-state index contributed by atoms with van der Waals surface area (Å²) in [5.74, 6) is -0.978. The fourth-order valence-electron chi connectivity index (χ4n) is 2.35. The molecule has 1 unspecified atom stereocenters. The molecule has 3 rings (SSSR count). The number of carbonyl (C=O) groups is 1. The smallest absolute Gasteiger partial charge is 0.169 e. The molecule has 0 saturated heterocycles. The first-order chi connectivity index (χ1) is 11.2. The van der Waals surface area contributed by atoms with Crippen LogP contribution in [-0.2, 0) is 11.2 Å². The van der Waals surface area contributed by atoms with E-state index in [1.54, 1.807) is 0 Å².